The fourth-order valence-electron chi connectivity index (χ4n) is 1.41. The summed E-state index contributed by atoms with van der Waals surface area (Å²) in [5.41, 5.74) is 6.56. The molecule has 0 saturated heterocycles. The number of aromatic hydroxyl groups is 1. The molecule has 0 atom stereocenters. The van der Waals surface area contributed by atoms with Crippen LogP contribution in [0.1, 0.15) is 12.5 Å². The smallest absolute Gasteiger partial charge is 0.115 e. The molecule has 0 aromatic heterocycles. The van der Waals surface area contributed by atoms with Gasteiger partial charge in [0.05, 0.1) is 4.99 Å². The summed E-state index contributed by atoms with van der Waals surface area (Å²) < 4.78 is 0. The Bertz CT molecular complexity index is 341. The van der Waals surface area contributed by atoms with E-state index in [2.05, 4.69) is 11.8 Å². The van der Waals surface area contributed by atoms with Crippen LogP contribution in [0.2, 0.25) is 0 Å². The van der Waals surface area contributed by atoms with Gasteiger partial charge >= 0.3 is 0 Å². The Labute approximate surface area is 95.5 Å². The van der Waals surface area contributed by atoms with E-state index < -0.39 is 0 Å². The maximum absolute atomic E-state index is 9.31. The van der Waals surface area contributed by atoms with E-state index in [1.807, 2.05) is 12.1 Å². The Balaban J connectivity index is 2.62. The highest BCUT2D eigenvalue weighted by Crippen LogP contribution is 2.12. The highest BCUT2D eigenvalue weighted by molar-refractivity contribution is 7.80. The largest absolute Gasteiger partial charge is 0.508 e. The molecule has 3 nitrogen and oxygen atoms in total. The van der Waals surface area contributed by atoms with Gasteiger partial charge in [0.15, 0.2) is 0 Å². The number of rotatable bonds is 5. The van der Waals surface area contributed by atoms with Crippen molar-refractivity contribution in [3.8, 4) is 5.75 Å². The molecule has 0 heterocycles. The summed E-state index contributed by atoms with van der Waals surface area (Å²) in [4.78, 5) is 2.62. The molecule has 0 aliphatic carbocycles. The maximum atomic E-state index is 9.31. The lowest BCUT2D eigenvalue weighted by Gasteiger charge is -2.19. The molecule has 1 aromatic rings. The Morgan fingerprint density at radius 3 is 2.80 bits per heavy atom. The fourth-order valence-corrected chi connectivity index (χ4v) is 1.60. The van der Waals surface area contributed by atoms with Gasteiger partial charge in [-0.15, -0.1) is 0 Å². The van der Waals surface area contributed by atoms with Crippen LogP contribution >= 0.6 is 12.2 Å². The summed E-state index contributed by atoms with van der Waals surface area (Å²) in [7, 11) is 0. The third-order valence-electron chi connectivity index (χ3n) is 2.14. The van der Waals surface area contributed by atoms with E-state index in [1.54, 1.807) is 12.1 Å². The van der Waals surface area contributed by atoms with E-state index in [0.29, 0.717) is 17.3 Å². The number of nitrogens with zero attached hydrogens (tertiary/aromatic N) is 1. The van der Waals surface area contributed by atoms with Gasteiger partial charge in [0.25, 0.3) is 0 Å². The second kappa shape index (κ2) is 5.68. The summed E-state index contributed by atoms with van der Waals surface area (Å²) in [6, 6.07) is 7.22. The van der Waals surface area contributed by atoms with Gasteiger partial charge in [-0.2, -0.15) is 0 Å². The number of phenols is 1. The number of nitrogens with two attached hydrogens (primary N) is 1. The Morgan fingerprint density at radius 2 is 2.27 bits per heavy atom. The second-order valence-corrected chi connectivity index (χ2v) is 3.96. The second-order valence-electron chi connectivity index (χ2n) is 3.44. The summed E-state index contributed by atoms with van der Waals surface area (Å²) in [6.45, 7) is 4.30. The Morgan fingerprint density at radius 1 is 1.53 bits per heavy atom. The first-order valence-electron chi connectivity index (χ1n) is 4.90. The predicted octanol–water partition coefficient (Wildman–Crippen LogP) is 1.50. The van der Waals surface area contributed by atoms with Crippen LogP contribution in [-0.2, 0) is 6.54 Å². The highest BCUT2D eigenvalue weighted by atomic mass is 32.1. The monoisotopic (exact) mass is 224 g/mol. The number of hydrogen-bond acceptors (Lipinski definition) is 3. The van der Waals surface area contributed by atoms with Gasteiger partial charge in [-0.25, -0.2) is 0 Å². The zero-order chi connectivity index (χ0) is 11.3. The molecule has 0 aliphatic rings. The van der Waals surface area contributed by atoms with Crippen molar-refractivity contribution in [1.29, 1.82) is 0 Å². The van der Waals surface area contributed by atoms with Gasteiger partial charge in [0.1, 0.15) is 5.75 Å². The van der Waals surface area contributed by atoms with E-state index in [9.17, 15) is 5.11 Å². The van der Waals surface area contributed by atoms with Crippen molar-refractivity contribution in [1.82, 2.24) is 4.90 Å². The van der Waals surface area contributed by atoms with Gasteiger partial charge in [-0.1, -0.05) is 31.3 Å². The van der Waals surface area contributed by atoms with Gasteiger partial charge in [0, 0.05) is 13.1 Å². The molecular weight excluding hydrogens is 208 g/mol. The third-order valence-corrected chi connectivity index (χ3v) is 2.27. The van der Waals surface area contributed by atoms with E-state index in [4.69, 9.17) is 18.0 Å². The first-order chi connectivity index (χ1) is 7.11. The molecule has 3 N–H and O–H groups in total. The summed E-state index contributed by atoms with van der Waals surface area (Å²) in [5.74, 6) is 0.291. The van der Waals surface area contributed by atoms with Crippen LogP contribution in [0.15, 0.2) is 24.3 Å². The van der Waals surface area contributed by atoms with Crippen molar-refractivity contribution in [2.24, 2.45) is 5.73 Å². The molecule has 4 heteroatoms. The molecule has 0 aliphatic heterocycles. The van der Waals surface area contributed by atoms with Crippen LogP contribution in [0.3, 0.4) is 0 Å². The molecule has 0 amide bonds. The van der Waals surface area contributed by atoms with E-state index in [-0.39, 0.29) is 0 Å². The highest BCUT2D eigenvalue weighted by Gasteiger charge is 2.05. The van der Waals surface area contributed by atoms with Gasteiger partial charge in [-0.3, -0.25) is 4.90 Å². The van der Waals surface area contributed by atoms with Crippen LogP contribution in [0.4, 0.5) is 0 Å². The molecule has 1 aromatic carbocycles. The number of thiocarbonyl (C=S) groups is 1. The minimum absolute atomic E-state index is 0.291. The number of likely N-dealkylation sites (N-methyl/N-ethyl adjacent to an activating group) is 1. The van der Waals surface area contributed by atoms with Gasteiger partial charge in [0.2, 0.25) is 0 Å². The normalized spacial score (nSPS) is 10.5. The lowest BCUT2D eigenvalue weighted by Crippen LogP contribution is -2.32. The molecule has 0 fully saturated rings. The number of hydrogen-bond donors (Lipinski definition) is 2. The standard InChI is InChI=1S/C11H16N2OS/c1-2-13(8-11(12)15)7-9-4-3-5-10(14)6-9/h3-6,14H,2,7-8H2,1H3,(H2,12,15). The van der Waals surface area contributed by atoms with Gasteiger partial charge in [-0.05, 0) is 24.2 Å². The molecule has 0 saturated carbocycles. The number of phenolic OH excluding ortho intramolecular Hbond substituents is 1. The Kier molecular flexibility index (Phi) is 4.52. The zero-order valence-corrected chi connectivity index (χ0v) is 9.63. The molecule has 0 bridgehead atoms. The molecule has 0 radical (unpaired) electrons. The SMILES string of the molecule is CCN(CC(N)=S)Cc1cccc(O)c1. The van der Waals surface area contributed by atoms with Crippen LogP contribution < -0.4 is 5.73 Å². The van der Waals surface area contributed by atoms with Crippen LogP contribution in [0.25, 0.3) is 0 Å². The van der Waals surface area contributed by atoms with Crippen molar-refractivity contribution in [3.63, 3.8) is 0 Å². The molecule has 82 valence electrons. The average molecular weight is 224 g/mol. The molecule has 0 unspecified atom stereocenters. The van der Waals surface area contributed by atoms with E-state index in [0.717, 1.165) is 18.7 Å². The topological polar surface area (TPSA) is 49.5 Å². The van der Waals surface area contributed by atoms with Crippen molar-refractivity contribution in [2.45, 2.75) is 13.5 Å². The van der Waals surface area contributed by atoms with Crippen molar-refractivity contribution in [2.75, 3.05) is 13.1 Å². The molecule has 15 heavy (non-hydrogen) atoms. The van der Waals surface area contributed by atoms with Crippen LogP contribution in [0, 0.1) is 0 Å². The maximum Gasteiger partial charge on any atom is 0.115 e. The minimum atomic E-state index is 0.291. The van der Waals surface area contributed by atoms with E-state index >= 15 is 0 Å². The first-order valence-corrected chi connectivity index (χ1v) is 5.31. The lowest BCUT2D eigenvalue weighted by atomic mass is 10.2. The average Bonchev–Trinajstić information content (AvgIpc) is 2.16. The van der Waals surface area contributed by atoms with Crippen LogP contribution in [0.5, 0.6) is 5.75 Å². The van der Waals surface area contributed by atoms with E-state index in [1.165, 1.54) is 0 Å². The molecule has 0 spiro atoms. The quantitative estimate of drug-likeness (QED) is 0.744. The fraction of sp³-hybridized carbons (Fsp3) is 0.364. The van der Waals surface area contributed by atoms with Crippen molar-refractivity contribution >= 4 is 17.2 Å². The van der Waals surface area contributed by atoms with Gasteiger partial charge < -0.3 is 10.8 Å². The lowest BCUT2D eigenvalue weighted by molar-refractivity contribution is 0.320. The number of benzene rings is 1. The van der Waals surface area contributed by atoms with Crippen LogP contribution in [-0.4, -0.2) is 28.1 Å². The predicted molar refractivity (Wildman–Crippen MR) is 65.8 cm³/mol. The zero-order valence-electron chi connectivity index (χ0n) is 8.81. The van der Waals surface area contributed by atoms with Crippen molar-refractivity contribution in [3.05, 3.63) is 29.8 Å². The summed E-state index contributed by atoms with van der Waals surface area (Å²) in [5, 5.41) is 9.31. The Hall–Kier alpha value is -1.13. The minimum Gasteiger partial charge on any atom is -0.508 e. The molecule has 1 rings (SSSR count). The summed E-state index contributed by atoms with van der Waals surface area (Å²) >= 11 is 4.87. The molecular formula is C11H16N2OS. The first kappa shape index (κ1) is 11.9. The third kappa shape index (κ3) is 4.27. The summed E-state index contributed by atoms with van der Waals surface area (Å²) in [6.07, 6.45) is 0. The van der Waals surface area contributed by atoms with Crippen molar-refractivity contribution < 1.29 is 5.11 Å².